The maximum atomic E-state index is 5.59. The van der Waals surface area contributed by atoms with Gasteiger partial charge in [0.15, 0.2) is 0 Å². The van der Waals surface area contributed by atoms with Gasteiger partial charge in [0.25, 0.3) is 0 Å². The Kier molecular flexibility index (Phi) is 12.1. The van der Waals surface area contributed by atoms with Crippen LogP contribution in [0.2, 0.25) is 0 Å². The fraction of sp³-hybridized carbons (Fsp3) is 0.545. The van der Waals surface area contributed by atoms with Crippen LogP contribution in [0.15, 0.2) is 24.5 Å². The van der Waals surface area contributed by atoms with Crippen molar-refractivity contribution < 1.29 is 4.74 Å². The maximum Gasteiger partial charge on any atom is 0.0824 e. The van der Waals surface area contributed by atoms with Crippen LogP contribution in [0, 0.1) is 0 Å². The summed E-state index contributed by atoms with van der Waals surface area (Å²) >= 11 is 0. The van der Waals surface area contributed by atoms with Crippen LogP contribution in [0.1, 0.15) is 5.56 Å². The van der Waals surface area contributed by atoms with Crippen LogP contribution >= 0.6 is 37.2 Å². The van der Waals surface area contributed by atoms with E-state index < -0.39 is 0 Å². The van der Waals surface area contributed by atoms with Gasteiger partial charge >= 0.3 is 0 Å². The molecule has 1 fully saturated rings. The van der Waals surface area contributed by atoms with Crippen LogP contribution in [0.25, 0.3) is 0 Å². The minimum absolute atomic E-state index is 0. The number of rotatable bonds is 3. The minimum atomic E-state index is 0. The summed E-state index contributed by atoms with van der Waals surface area (Å²) in [7, 11) is 0. The van der Waals surface area contributed by atoms with E-state index in [0.717, 1.165) is 26.2 Å². The van der Waals surface area contributed by atoms with Gasteiger partial charge in [0, 0.05) is 38.6 Å². The Labute approximate surface area is 127 Å². The highest BCUT2D eigenvalue weighted by Gasteiger charge is 2.18. The molecule has 0 saturated carbocycles. The molecule has 4 nitrogen and oxygen atoms in total. The maximum absolute atomic E-state index is 5.59. The van der Waals surface area contributed by atoms with Crippen molar-refractivity contribution in [3.05, 3.63) is 30.1 Å². The molecule has 2 heterocycles. The van der Waals surface area contributed by atoms with Gasteiger partial charge in [-0.2, -0.15) is 0 Å². The first kappa shape index (κ1) is 20.2. The largest absolute Gasteiger partial charge is 0.374 e. The lowest BCUT2D eigenvalue weighted by atomic mass is 10.2. The molecule has 106 valence electrons. The predicted molar refractivity (Wildman–Crippen MR) is 80.1 cm³/mol. The Morgan fingerprint density at radius 3 is 2.78 bits per heavy atom. The SMILES string of the molecule is Cl.Cl.Cl.NCC1CN(Cc2cccnc2)CCO1. The van der Waals surface area contributed by atoms with E-state index in [1.165, 1.54) is 5.56 Å². The van der Waals surface area contributed by atoms with Gasteiger partial charge in [-0.25, -0.2) is 0 Å². The zero-order valence-electron chi connectivity index (χ0n) is 10.0. The van der Waals surface area contributed by atoms with E-state index in [4.69, 9.17) is 10.5 Å². The Morgan fingerprint density at radius 1 is 1.39 bits per heavy atom. The number of nitrogens with zero attached hydrogens (tertiary/aromatic N) is 2. The molecule has 1 aliphatic rings. The van der Waals surface area contributed by atoms with Crippen LogP contribution in [0.3, 0.4) is 0 Å². The second kappa shape index (κ2) is 10.8. The summed E-state index contributed by atoms with van der Waals surface area (Å²) in [6.45, 7) is 4.22. The van der Waals surface area contributed by atoms with Crippen molar-refractivity contribution in [1.29, 1.82) is 0 Å². The quantitative estimate of drug-likeness (QED) is 0.918. The van der Waals surface area contributed by atoms with Crippen LogP contribution in [0.4, 0.5) is 0 Å². The Bertz CT molecular complexity index is 303. The van der Waals surface area contributed by atoms with E-state index in [-0.39, 0.29) is 43.3 Å². The number of hydrogen-bond donors (Lipinski definition) is 1. The van der Waals surface area contributed by atoms with Crippen molar-refractivity contribution in [1.82, 2.24) is 9.88 Å². The molecule has 0 amide bonds. The fourth-order valence-electron chi connectivity index (χ4n) is 1.82. The molecule has 0 aromatic carbocycles. The molecule has 7 heteroatoms. The third-order valence-corrected chi connectivity index (χ3v) is 2.61. The molecule has 1 saturated heterocycles. The van der Waals surface area contributed by atoms with Crippen molar-refractivity contribution in [2.45, 2.75) is 12.6 Å². The first-order valence-electron chi connectivity index (χ1n) is 5.31. The molecule has 18 heavy (non-hydrogen) atoms. The first-order valence-corrected chi connectivity index (χ1v) is 5.31. The van der Waals surface area contributed by atoms with E-state index in [9.17, 15) is 0 Å². The number of aromatic nitrogens is 1. The van der Waals surface area contributed by atoms with Gasteiger partial charge in [0.1, 0.15) is 0 Å². The molecule has 1 aromatic heterocycles. The van der Waals surface area contributed by atoms with Crippen LogP contribution in [0.5, 0.6) is 0 Å². The number of hydrogen-bond acceptors (Lipinski definition) is 4. The zero-order valence-corrected chi connectivity index (χ0v) is 12.5. The number of ether oxygens (including phenoxy) is 1. The second-order valence-electron chi connectivity index (χ2n) is 3.82. The third kappa shape index (κ3) is 6.18. The Balaban J connectivity index is 0. The summed E-state index contributed by atoms with van der Waals surface area (Å²) in [6, 6.07) is 4.07. The van der Waals surface area contributed by atoms with E-state index in [0.29, 0.717) is 6.54 Å². The van der Waals surface area contributed by atoms with Crippen molar-refractivity contribution in [2.24, 2.45) is 5.73 Å². The van der Waals surface area contributed by atoms with Gasteiger partial charge in [-0.05, 0) is 11.6 Å². The van der Waals surface area contributed by atoms with Crippen molar-refractivity contribution in [2.75, 3.05) is 26.2 Å². The Hall–Kier alpha value is -0.100. The molecule has 1 aliphatic heterocycles. The average Bonchev–Trinajstić information content (AvgIpc) is 2.31. The number of morpholine rings is 1. The molecule has 0 spiro atoms. The smallest absolute Gasteiger partial charge is 0.0824 e. The second-order valence-corrected chi connectivity index (χ2v) is 3.82. The lowest BCUT2D eigenvalue weighted by Gasteiger charge is -2.32. The Morgan fingerprint density at radius 2 is 2.17 bits per heavy atom. The summed E-state index contributed by atoms with van der Waals surface area (Å²) in [5.41, 5.74) is 6.84. The molecular formula is C11H20Cl3N3O. The van der Waals surface area contributed by atoms with Crippen molar-refractivity contribution in [3.63, 3.8) is 0 Å². The van der Waals surface area contributed by atoms with Gasteiger partial charge < -0.3 is 10.5 Å². The van der Waals surface area contributed by atoms with Crippen molar-refractivity contribution in [3.8, 4) is 0 Å². The van der Waals surface area contributed by atoms with E-state index in [2.05, 4.69) is 16.0 Å². The summed E-state index contributed by atoms with van der Waals surface area (Å²) in [5.74, 6) is 0. The molecule has 1 aromatic rings. The normalized spacial score (nSPS) is 19.1. The van der Waals surface area contributed by atoms with E-state index in [1.54, 1.807) is 6.20 Å². The number of halogens is 3. The van der Waals surface area contributed by atoms with Crippen LogP contribution in [-0.2, 0) is 11.3 Å². The molecule has 2 N–H and O–H groups in total. The highest BCUT2D eigenvalue weighted by molar-refractivity contribution is 5.86. The first-order chi connectivity index (χ1) is 7.38. The molecule has 0 bridgehead atoms. The summed E-state index contributed by atoms with van der Waals surface area (Å²) in [4.78, 5) is 6.47. The molecule has 1 atom stereocenters. The fourth-order valence-corrected chi connectivity index (χ4v) is 1.82. The predicted octanol–water partition coefficient (Wildman–Crippen LogP) is 1.51. The monoisotopic (exact) mass is 315 g/mol. The zero-order chi connectivity index (χ0) is 10.5. The van der Waals surface area contributed by atoms with Gasteiger partial charge in [-0.1, -0.05) is 6.07 Å². The topological polar surface area (TPSA) is 51.4 Å². The molecular weight excluding hydrogens is 297 g/mol. The standard InChI is InChI=1S/C11H17N3O.3ClH/c12-6-11-9-14(4-5-15-11)8-10-2-1-3-13-7-10;;;/h1-3,7,11H,4-6,8-9,12H2;3*1H. The highest BCUT2D eigenvalue weighted by Crippen LogP contribution is 2.08. The summed E-state index contributed by atoms with van der Waals surface area (Å²) in [5, 5.41) is 0. The van der Waals surface area contributed by atoms with Crippen molar-refractivity contribution >= 4 is 37.2 Å². The van der Waals surface area contributed by atoms with E-state index in [1.807, 2.05) is 12.3 Å². The van der Waals surface area contributed by atoms with Gasteiger partial charge in [0.2, 0.25) is 0 Å². The van der Waals surface area contributed by atoms with Crippen LogP contribution in [-0.4, -0.2) is 42.2 Å². The van der Waals surface area contributed by atoms with Crippen LogP contribution < -0.4 is 5.73 Å². The molecule has 0 radical (unpaired) electrons. The lowest BCUT2D eigenvalue weighted by Crippen LogP contribution is -2.45. The molecule has 1 unspecified atom stereocenters. The minimum Gasteiger partial charge on any atom is -0.374 e. The van der Waals surface area contributed by atoms with E-state index >= 15 is 0 Å². The highest BCUT2D eigenvalue weighted by atomic mass is 35.5. The lowest BCUT2D eigenvalue weighted by molar-refractivity contribution is -0.0260. The molecule has 2 rings (SSSR count). The third-order valence-electron chi connectivity index (χ3n) is 2.61. The van der Waals surface area contributed by atoms with Gasteiger partial charge in [0.05, 0.1) is 12.7 Å². The number of pyridine rings is 1. The molecule has 0 aliphatic carbocycles. The summed E-state index contributed by atoms with van der Waals surface area (Å²) < 4.78 is 5.51. The van der Waals surface area contributed by atoms with Gasteiger partial charge in [-0.15, -0.1) is 37.2 Å². The summed E-state index contributed by atoms with van der Waals surface area (Å²) in [6.07, 6.45) is 3.90. The number of nitrogens with two attached hydrogens (primary N) is 1. The average molecular weight is 317 g/mol. The van der Waals surface area contributed by atoms with Gasteiger partial charge in [-0.3, -0.25) is 9.88 Å².